The zero-order chi connectivity index (χ0) is 18.3. The van der Waals surface area contributed by atoms with Gasteiger partial charge in [-0.3, -0.25) is 4.79 Å². The fraction of sp³-hybridized carbons (Fsp3) is 0.462. The van der Waals surface area contributed by atoms with Gasteiger partial charge in [-0.25, -0.2) is 0 Å². The Morgan fingerprint density at radius 3 is 2.88 bits per heavy atom. The summed E-state index contributed by atoms with van der Waals surface area (Å²) in [6.45, 7) is -3.82. The third-order valence-electron chi connectivity index (χ3n) is 1.86. The van der Waals surface area contributed by atoms with Gasteiger partial charge in [-0.2, -0.15) is 0 Å². The second-order valence-electron chi connectivity index (χ2n) is 3.71. The van der Waals surface area contributed by atoms with Crippen LogP contribution < -0.4 is 5.32 Å². The number of halogens is 1. The third kappa shape index (κ3) is 3.95. The summed E-state index contributed by atoms with van der Waals surface area (Å²) in [5.74, 6) is -0.778. The topological polar surface area (TPSA) is 29.1 Å². The second-order valence-corrected chi connectivity index (χ2v) is 4.15. The van der Waals surface area contributed by atoms with Gasteiger partial charge in [0.1, 0.15) is 0 Å². The van der Waals surface area contributed by atoms with Gasteiger partial charge in [-0.05, 0) is 39.7 Å². The number of ketones is 1. The highest BCUT2D eigenvalue weighted by atomic mass is 35.5. The van der Waals surface area contributed by atoms with E-state index in [0.717, 1.165) is 13.8 Å². The Bertz CT molecular complexity index is 581. The standard InChI is InChI=1S/C13H18ClNO/c1-9(15-13(2,3)4)12(16)10-6-5-7-11(14)8-10/h5-9,15H,1-4H3/t9-/m1/s1/i2D3,3D3,9D. The fourth-order valence-electron chi connectivity index (χ4n) is 1.28. The smallest absolute Gasteiger partial charge is 0.179 e. The average Bonchev–Trinajstić information content (AvgIpc) is 2.34. The molecule has 0 saturated heterocycles. The van der Waals surface area contributed by atoms with E-state index in [1.165, 1.54) is 18.2 Å². The minimum absolute atomic E-state index is 0.0842. The lowest BCUT2D eigenvalue weighted by molar-refractivity contribution is 0.0936. The van der Waals surface area contributed by atoms with E-state index in [9.17, 15) is 4.79 Å². The van der Waals surface area contributed by atoms with Crippen molar-refractivity contribution >= 4 is 17.4 Å². The van der Waals surface area contributed by atoms with Crippen molar-refractivity contribution in [3.05, 3.63) is 34.9 Å². The van der Waals surface area contributed by atoms with Gasteiger partial charge in [0.05, 0.1) is 7.39 Å². The minimum Gasteiger partial charge on any atom is -0.303 e. The van der Waals surface area contributed by atoms with Crippen LogP contribution in [0.15, 0.2) is 24.3 Å². The van der Waals surface area contributed by atoms with E-state index >= 15 is 0 Å². The largest absolute Gasteiger partial charge is 0.303 e. The number of Topliss-reactive ketones (excluding diaryl/α,β-unsaturated/α-hetero) is 1. The van der Waals surface area contributed by atoms with E-state index in [0.29, 0.717) is 0 Å². The van der Waals surface area contributed by atoms with Gasteiger partial charge < -0.3 is 5.32 Å². The summed E-state index contributed by atoms with van der Waals surface area (Å²) in [6, 6.07) is 3.65. The SMILES string of the molecule is [2H]C([2H])([2H])C(C)(N[C@]([2H])(C)C(=O)c1cccc(Cl)c1)C([2H])([2H])[2H]. The molecule has 16 heavy (non-hydrogen) atoms. The van der Waals surface area contributed by atoms with Crippen molar-refractivity contribution in [2.24, 2.45) is 0 Å². The van der Waals surface area contributed by atoms with Crippen molar-refractivity contribution in [1.29, 1.82) is 0 Å². The van der Waals surface area contributed by atoms with Crippen LogP contribution in [0.25, 0.3) is 0 Å². The molecule has 0 saturated carbocycles. The molecule has 0 aromatic heterocycles. The molecule has 1 aromatic carbocycles. The molecule has 1 aromatic rings. The lowest BCUT2D eigenvalue weighted by atomic mass is 10.0. The molecule has 1 atom stereocenters. The molecule has 1 rings (SSSR count). The quantitative estimate of drug-likeness (QED) is 0.830. The Balaban J connectivity index is 3.24. The first-order chi connectivity index (χ1) is 10.1. The van der Waals surface area contributed by atoms with Gasteiger partial charge in [0.2, 0.25) is 0 Å². The molecule has 0 aliphatic heterocycles. The number of hydrogen-bond donors (Lipinski definition) is 1. The number of hydrogen-bond acceptors (Lipinski definition) is 2. The van der Waals surface area contributed by atoms with E-state index in [-0.39, 0.29) is 10.6 Å². The highest BCUT2D eigenvalue weighted by Crippen LogP contribution is 2.13. The lowest BCUT2D eigenvalue weighted by Crippen LogP contribution is -2.46. The summed E-state index contributed by atoms with van der Waals surface area (Å²) < 4.78 is 53.1. The summed E-state index contributed by atoms with van der Waals surface area (Å²) in [7, 11) is 0. The van der Waals surface area contributed by atoms with Crippen molar-refractivity contribution in [2.45, 2.75) is 39.1 Å². The first kappa shape index (κ1) is 6.18. The van der Waals surface area contributed by atoms with Gasteiger partial charge in [0.25, 0.3) is 0 Å². The summed E-state index contributed by atoms with van der Waals surface area (Å²) >= 11 is 5.80. The molecule has 0 unspecified atom stereocenters. The molecule has 3 heteroatoms. The van der Waals surface area contributed by atoms with Crippen LogP contribution >= 0.6 is 11.6 Å². The molecule has 0 spiro atoms. The van der Waals surface area contributed by atoms with Crippen LogP contribution in [0.2, 0.25) is 5.02 Å². The first-order valence-electron chi connectivity index (χ1n) is 8.21. The Labute approximate surface area is 112 Å². The van der Waals surface area contributed by atoms with E-state index in [4.69, 9.17) is 21.2 Å². The van der Waals surface area contributed by atoms with Crippen molar-refractivity contribution in [3.63, 3.8) is 0 Å². The Morgan fingerprint density at radius 2 is 2.31 bits per heavy atom. The summed E-state index contributed by atoms with van der Waals surface area (Å²) in [4.78, 5) is 12.5. The van der Waals surface area contributed by atoms with E-state index in [1.54, 1.807) is 6.07 Å². The van der Waals surface area contributed by atoms with Crippen LogP contribution in [0.3, 0.4) is 0 Å². The molecule has 0 aliphatic rings. The van der Waals surface area contributed by atoms with Crippen molar-refractivity contribution < 1.29 is 14.4 Å². The zero-order valence-electron chi connectivity index (χ0n) is 16.1. The molecule has 0 amide bonds. The predicted molar refractivity (Wildman–Crippen MR) is 68.1 cm³/mol. The van der Waals surface area contributed by atoms with Crippen LogP contribution in [0.1, 0.15) is 47.5 Å². The monoisotopic (exact) mass is 246 g/mol. The van der Waals surface area contributed by atoms with Crippen LogP contribution in [0.5, 0.6) is 0 Å². The Hall–Kier alpha value is -0.860. The zero-order valence-corrected chi connectivity index (χ0v) is 9.85. The van der Waals surface area contributed by atoms with Crippen molar-refractivity contribution in [3.8, 4) is 0 Å². The van der Waals surface area contributed by atoms with Gasteiger partial charge >= 0.3 is 0 Å². The van der Waals surface area contributed by atoms with Gasteiger partial charge in [-0.1, -0.05) is 23.7 Å². The summed E-state index contributed by atoms with van der Waals surface area (Å²) in [6.07, 6.45) is 0. The predicted octanol–water partition coefficient (Wildman–Crippen LogP) is 3.30. The van der Waals surface area contributed by atoms with Gasteiger partial charge in [-0.15, -0.1) is 0 Å². The number of benzene rings is 1. The molecule has 0 fully saturated rings. The molecule has 2 nitrogen and oxygen atoms in total. The molecule has 0 aliphatic carbocycles. The van der Waals surface area contributed by atoms with Crippen molar-refractivity contribution in [2.75, 3.05) is 0 Å². The fourth-order valence-corrected chi connectivity index (χ4v) is 1.47. The van der Waals surface area contributed by atoms with Crippen LogP contribution in [-0.2, 0) is 0 Å². The molecular formula is C13H18ClNO. The molecule has 1 N–H and O–H groups in total. The Morgan fingerprint density at radius 1 is 1.62 bits per heavy atom. The maximum atomic E-state index is 12.5. The van der Waals surface area contributed by atoms with Crippen LogP contribution in [0.4, 0.5) is 0 Å². The number of carbonyl (C=O) groups excluding carboxylic acids is 1. The van der Waals surface area contributed by atoms with Gasteiger partial charge in [0.15, 0.2) is 5.78 Å². The number of carbonyl (C=O) groups is 1. The van der Waals surface area contributed by atoms with Crippen LogP contribution in [0, 0.1) is 0 Å². The molecule has 88 valence electrons. The Kier molecular flexibility index (Phi) is 1.92. The molecular weight excluding hydrogens is 222 g/mol. The molecule has 0 radical (unpaired) electrons. The van der Waals surface area contributed by atoms with Gasteiger partial charge in [0, 0.05) is 24.3 Å². The average molecular weight is 247 g/mol. The molecule has 0 bridgehead atoms. The first-order valence-corrected chi connectivity index (χ1v) is 5.09. The third-order valence-corrected chi connectivity index (χ3v) is 2.10. The maximum absolute atomic E-state index is 12.5. The maximum Gasteiger partial charge on any atom is 0.179 e. The highest BCUT2D eigenvalue weighted by Gasteiger charge is 2.20. The summed E-state index contributed by atoms with van der Waals surface area (Å²) in [5.41, 5.74) is -2.34. The van der Waals surface area contributed by atoms with E-state index in [1.807, 2.05) is 0 Å². The number of rotatable bonds is 3. The van der Waals surface area contributed by atoms with E-state index < -0.39 is 31.0 Å². The molecule has 0 heterocycles. The minimum atomic E-state index is -2.95. The van der Waals surface area contributed by atoms with Crippen LogP contribution in [-0.4, -0.2) is 17.3 Å². The van der Waals surface area contributed by atoms with E-state index in [2.05, 4.69) is 5.32 Å². The lowest BCUT2D eigenvalue weighted by Gasteiger charge is -2.25. The van der Waals surface area contributed by atoms with Crippen molar-refractivity contribution in [1.82, 2.24) is 5.32 Å². The highest BCUT2D eigenvalue weighted by molar-refractivity contribution is 6.31. The number of nitrogens with one attached hydrogen (secondary N) is 1. The second kappa shape index (κ2) is 4.98. The summed E-state index contributed by atoms with van der Waals surface area (Å²) in [5, 5.41) is 2.50. The normalized spacial score (nSPS) is 23.6.